The van der Waals surface area contributed by atoms with Crippen LogP contribution >= 0.6 is 0 Å². The predicted octanol–water partition coefficient (Wildman–Crippen LogP) is 4.96. The van der Waals surface area contributed by atoms with E-state index in [2.05, 4.69) is 5.32 Å². The Kier molecular flexibility index (Phi) is 5.96. The Morgan fingerprint density at radius 1 is 1.03 bits per heavy atom. The molecule has 1 fully saturated rings. The summed E-state index contributed by atoms with van der Waals surface area (Å²) >= 11 is 0. The van der Waals surface area contributed by atoms with Gasteiger partial charge in [0.05, 0.1) is 21.5 Å². The van der Waals surface area contributed by atoms with Crippen molar-refractivity contribution in [2.24, 2.45) is 0 Å². The normalized spacial score (nSPS) is 14.8. The molecule has 0 radical (unpaired) electrons. The van der Waals surface area contributed by atoms with Gasteiger partial charge in [0.25, 0.3) is 5.91 Å². The van der Waals surface area contributed by atoms with E-state index in [1.807, 2.05) is 36.4 Å². The van der Waals surface area contributed by atoms with Crippen molar-refractivity contribution in [3.63, 3.8) is 0 Å². The molecule has 0 spiro atoms. The van der Waals surface area contributed by atoms with Gasteiger partial charge in [0.15, 0.2) is 9.84 Å². The van der Waals surface area contributed by atoms with E-state index in [-0.39, 0.29) is 10.8 Å². The smallest absolute Gasteiger partial charge is 0.256 e. The van der Waals surface area contributed by atoms with Crippen LogP contribution in [0.1, 0.15) is 61.5 Å². The SMILES string of the molecule is CC(C)S(=O)(=O)c1ccc(C(=O)Nc2cc(C3CCCC3)nn2-c2ccccc2)cc1. The molecule has 0 aliphatic heterocycles. The van der Waals surface area contributed by atoms with Crippen LogP contribution in [0.5, 0.6) is 0 Å². The Morgan fingerprint density at radius 2 is 1.68 bits per heavy atom. The molecule has 3 aromatic rings. The lowest BCUT2D eigenvalue weighted by atomic mass is 10.0. The van der Waals surface area contributed by atoms with E-state index in [0.717, 1.165) is 24.2 Å². The van der Waals surface area contributed by atoms with Gasteiger partial charge in [-0.2, -0.15) is 5.10 Å². The molecule has 0 saturated heterocycles. The molecule has 1 heterocycles. The van der Waals surface area contributed by atoms with Gasteiger partial charge in [-0.25, -0.2) is 13.1 Å². The van der Waals surface area contributed by atoms with Crippen molar-refractivity contribution in [1.82, 2.24) is 9.78 Å². The highest BCUT2D eigenvalue weighted by Gasteiger charge is 2.23. The number of nitrogens with one attached hydrogen (secondary N) is 1. The molecule has 0 bridgehead atoms. The van der Waals surface area contributed by atoms with Gasteiger partial charge in [0.1, 0.15) is 5.82 Å². The minimum Gasteiger partial charge on any atom is -0.306 e. The molecule has 4 rings (SSSR count). The molecule has 7 heteroatoms. The average molecular weight is 438 g/mol. The van der Waals surface area contributed by atoms with Crippen molar-refractivity contribution in [1.29, 1.82) is 0 Å². The molecule has 2 aromatic carbocycles. The zero-order valence-corrected chi connectivity index (χ0v) is 18.6. The number of hydrogen-bond acceptors (Lipinski definition) is 4. The van der Waals surface area contributed by atoms with Crippen LogP contribution in [-0.4, -0.2) is 29.4 Å². The maximum absolute atomic E-state index is 12.9. The first-order valence-electron chi connectivity index (χ1n) is 10.7. The number of carbonyl (C=O) groups excluding carboxylic acids is 1. The van der Waals surface area contributed by atoms with Gasteiger partial charge in [0.2, 0.25) is 0 Å². The third-order valence-electron chi connectivity index (χ3n) is 5.81. The molecule has 1 aliphatic rings. The zero-order valence-electron chi connectivity index (χ0n) is 17.8. The molecule has 6 nitrogen and oxygen atoms in total. The lowest BCUT2D eigenvalue weighted by Crippen LogP contribution is -2.16. The van der Waals surface area contributed by atoms with Crippen molar-refractivity contribution in [3.05, 3.63) is 71.9 Å². The highest BCUT2D eigenvalue weighted by atomic mass is 32.2. The highest BCUT2D eigenvalue weighted by molar-refractivity contribution is 7.92. The van der Waals surface area contributed by atoms with E-state index in [9.17, 15) is 13.2 Å². The van der Waals surface area contributed by atoms with Crippen LogP contribution in [0.4, 0.5) is 5.82 Å². The monoisotopic (exact) mass is 437 g/mol. The third-order valence-corrected chi connectivity index (χ3v) is 7.98. The van der Waals surface area contributed by atoms with Gasteiger partial charge >= 0.3 is 0 Å². The number of sulfone groups is 1. The van der Waals surface area contributed by atoms with Crippen LogP contribution in [0, 0.1) is 0 Å². The van der Waals surface area contributed by atoms with E-state index in [1.54, 1.807) is 30.7 Å². The highest BCUT2D eigenvalue weighted by Crippen LogP contribution is 2.35. The fourth-order valence-corrected chi connectivity index (χ4v) is 4.99. The van der Waals surface area contributed by atoms with E-state index in [1.165, 1.54) is 25.0 Å². The standard InChI is InChI=1S/C24H27N3O3S/c1-17(2)31(29,30)21-14-12-19(13-15-21)24(28)25-23-16-22(18-8-6-7-9-18)26-27(23)20-10-4-3-5-11-20/h3-5,10-18H,6-9H2,1-2H3,(H,25,28). The van der Waals surface area contributed by atoms with Gasteiger partial charge in [-0.15, -0.1) is 0 Å². The van der Waals surface area contributed by atoms with Crippen LogP contribution < -0.4 is 5.32 Å². The van der Waals surface area contributed by atoms with Crippen molar-refractivity contribution in [2.75, 3.05) is 5.32 Å². The fraction of sp³-hybridized carbons (Fsp3) is 0.333. The number of benzene rings is 2. The summed E-state index contributed by atoms with van der Waals surface area (Å²) < 4.78 is 26.4. The summed E-state index contributed by atoms with van der Waals surface area (Å²) in [4.78, 5) is 13.1. The Morgan fingerprint density at radius 3 is 2.29 bits per heavy atom. The van der Waals surface area contributed by atoms with Gasteiger partial charge in [-0.3, -0.25) is 4.79 Å². The lowest BCUT2D eigenvalue weighted by molar-refractivity contribution is 0.102. The summed E-state index contributed by atoms with van der Waals surface area (Å²) in [7, 11) is -3.37. The quantitative estimate of drug-likeness (QED) is 0.591. The second-order valence-corrected chi connectivity index (χ2v) is 10.8. The molecule has 0 atom stereocenters. The van der Waals surface area contributed by atoms with Gasteiger partial charge < -0.3 is 5.32 Å². The van der Waals surface area contributed by atoms with Crippen LogP contribution in [0.25, 0.3) is 5.69 Å². The fourth-order valence-electron chi connectivity index (χ4n) is 3.93. The number of hydrogen-bond donors (Lipinski definition) is 1. The Hall–Kier alpha value is -2.93. The Bertz CT molecular complexity index is 1160. The van der Waals surface area contributed by atoms with E-state index >= 15 is 0 Å². The molecular formula is C24H27N3O3S. The van der Waals surface area contributed by atoms with Crippen molar-refractivity contribution in [3.8, 4) is 5.69 Å². The summed E-state index contributed by atoms with van der Waals surface area (Å²) in [5.41, 5.74) is 2.27. The molecule has 1 N–H and O–H groups in total. The van der Waals surface area contributed by atoms with Gasteiger partial charge in [-0.05, 0) is 63.1 Å². The Labute approximate surface area is 183 Å². The lowest BCUT2D eigenvalue weighted by Gasteiger charge is -2.10. The Balaban J connectivity index is 1.61. The minimum atomic E-state index is -3.37. The summed E-state index contributed by atoms with van der Waals surface area (Å²) in [5, 5.41) is 7.25. The number of nitrogens with zero attached hydrogens (tertiary/aromatic N) is 2. The summed E-state index contributed by atoms with van der Waals surface area (Å²) in [6.45, 7) is 3.28. The molecule has 1 aromatic heterocycles. The van der Waals surface area contributed by atoms with Crippen LogP contribution in [0.15, 0.2) is 65.6 Å². The van der Waals surface area contributed by atoms with Crippen LogP contribution in [0.2, 0.25) is 0 Å². The molecule has 1 saturated carbocycles. The largest absolute Gasteiger partial charge is 0.306 e. The van der Waals surface area contributed by atoms with Crippen LogP contribution in [-0.2, 0) is 9.84 Å². The first-order chi connectivity index (χ1) is 14.9. The zero-order chi connectivity index (χ0) is 22.0. The number of amides is 1. The van der Waals surface area contributed by atoms with E-state index < -0.39 is 15.1 Å². The van der Waals surface area contributed by atoms with E-state index in [0.29, 0.717) is 17.3 Å². The number of carbonyl (C=O) groups is 1. The van der Waals surface area contributed by atoms with Crippen LogP contribution in [0.3, 0.4) is 0 Å². The second-order valence-electron chi connectivity index (χ2n) is 8.26. The van der Waals surface area contributed by atoms with Gasteiger partial charge in [0, 0.05) is 17.5 Å². The number of aromatic nitrogens is 2. The number of para-hydroxylation sites is 1. The summed E-state index contributed by atoms with van der Waals surface area (Å²) in [6, 6.07) is 17.7. The molecule has 31 heavy (non-hydrogen) atoms. The average Bonchev–Trinajstić information content (AvgIpc) is 3.44. The maximum Gasteiger partial charge on any atom is 0.256 e. The van der Waals surface area contributed by atoms with Crippen molar-refractivity contribution < 1.29 is 13.2 Å². The third kappa shape index (κ3) is 4.42. The molecule has 162 valence electrons. The van der Waals surface area contributed by atoms with E-state index in [4.69, 9.17) is 5.10 Å². The number of anilines is 1. The number of rotatable bonds is 6. The second kappa shape index (κ2) is 8.67. The molecular weight excluding hydrogens is 410 g/mol. The first-order valence-corrected chi connectivity index (χ1v) is 12.2. The molecule has 1 aliphatic carbocycles. The van der Waals surface area contributed by atoms with Crippen molar-refractivity contribution >= 4 is 21.6 Å². The van der Waals surface area contributed by atoms with Gasteiger partial charge in [-0.1, -0.05) is 31.0 Å². The predicted molar refractivity (Wildman–Crippen MR) is 121 cm³/mol. The summed E-state index contributed by atoms with van der Waals surface area (Å²) in [5.74, 6) is 0.724. The molecule has 0 unspecified atom stereocenters. The molecule has 1 amide bonds. The summed E-state index contributed by atoms with van der Waals surface area (Å²) in [6.07, 6.45) is 4.64. The topological polar surface area (TPSA) is 81.1 Å². The van der Waals surface area contributed by atoms with Crippen molar-refractivity contribution in [2.45, 2.75) is 55.6 Å². The minimum absolute atomic E-state index is 0.219. The first kappa shape index (κ1) is 21.3. The maximum atomic E-state index is 12.9.